The summed E-state index contributed by atoms with van der Waals surface area (Å²) in [6, 6.07) is 15.1. The zero-order chi connectivity index (χ0) is 21.5. The Morgan fingerprint density at radius 1 is 1.10 bits per heavy atom. The van der Waals surface area contributed by atoms with Crippen molar-refractivity contribution in [3.05, 3.63) is 65.5 Å². The van der Waals surface area contributed by atoms with Gasteiger partial charge in [0, 0.05) is 25.5 Å². The number of rotatable bonds is 9. The molecule has 0 saturated carbocycles. The highest BCUT2D eigenvalue weighted by Gasteiger charge is 2.19. The van der Waals surface area contributed by atoms with E-state index in [0.717, 1.165) is 11.3 Å². The van der Waals surface area contributed by atoms with Gasteiger partial charge < -0.3 is 10.1 Å². The highest BCUT2D eigenvalue weighted by Crippen LogP contribution is 2.29. The molecular weight excluding hydrogens is 400 g/mol. The number of nitrogens with one attached hydrogen (secondary N) is 1. The van der Waals surface area contributed by atoms with E-state index < -0.39 is 0 Å². The Bertz CT molecular complexity index is 1030. The standard InChI is InChI=1S/C22H24N4O3S/c1-15-8-10-17(11-9-15)19(28)14-30-22-25-24-21(12-13-23-16(2)27)26(22)18-6-4-5-7-20(18)29-3/h4-11H,12-14H2,1-3H3,(H,23,27). The zero-order valence-corrected chi connectivity index (χ0v) is 18.0. The van der Waals surface area contributed by atoms with Gasteiger partial charge in [-0.1, -0.05) is 53.7 Å². The van der Waals surface area contributed by atoms with Crippen LogP contribution in [0.4, 0.5) is 0 Å². The number of Topliss-reactive ketones (excluding diaryl/α,β-unsaturated/α-hetero) is 1. The highest BCUT2D eigenvalue weighted by molar-refractivity contribution is 7.99. The second-order valence-corrected chi connectivity index (χ2v) is 7.66. The number of amides is 1. The Hall–Kier alpha value is -3.13. The summed E-state index contributed by atoms with van der Waals surface area (Å²) in [6.07, 6.45) is 0.497. The van der Waals surface area contributed by atoms with Crippen LogP contribution in [-0.2, 0) is 11.2 Å². The van der Waals surface area contributed by atoms with E-state index in [-0.39, 0.29) is 17.4 Å². The van der Waals surface area contributed by atoms with Crippen molar-refractivity contribution in [1.82, 2.24) is 20.1 Å². The van der Waals surface area contributed by atoms with E-state index >= 15 is 0 Å². The molecule has 7 nitrogen and oxygen atoms in total. The third-order valence-electron chi connectivity index (χ3n) is 4.45. The van der Waals surface area contributed by atoms with E-state index in [9.17, 15) is 9.59 Å². The molecule has 0 unspecified atom stereocenters. The van der Waals surface area contributed by atoms with Crippen molar-refractivity contribution in [2.45, 2.75) is 25.4 Å². The average Bonchev–Trinajstić information content (AvgIpc) is 3.14. The summed E-state index contributed by atoms with van der Waals surface area (Å²) in [4.78, 5) is 23.8. The van der Waals surface area contributed by atoms with Crippen LogP contribution < -0.4 is 10.1 Å². The number of hydrogen-bond acceptors (Lipinski definition) is 6. The fourth-order valence-electron chi connectivity index (χ4n) is 2.92. The molecule has 3 rings (SSSR count). The zero-order valence-electron chi connectivity index (χ0n) is 17.2. The lowest BCUT2D eigenvalue weighted by molar-refractivity contribution is -0.118. The molecule has 2 aromatic carbocycles. The quantitative estimate of drug-likeness (QED) is 0.419. The molecule has 156 valence electrons. The number of carbonyl (C=O) groups is 2. The van der Waals surface area contributed by atoms with Crippen molar-refractivity contribution < 1.29 is 14.3 Å². The molecule has 1 N–H and O–H groups in total. The maximum atomic E-state index is 12.6. The van der Waals surface area contributed by atoms with E-state index in [1.54, 1.807) is 7.11 Å². The van der Waals surface area contributed by atoms with Gasteiger partial charge in [0.1, 0.15) is 11.6 Å². The smallest absolute Gasteiger partial charge is 0.216 e. The van der Waals surface area contributed by atoms with Crippen LogP contribution in [0.15, 0.2) is 53.7 Å². The molecule has 0 bridgehead atoms. The molecule has 0 radical (unpaired) electrons. The van der Waals surface area contributed by atoms with Gasteiger partial charge in [0.05, 0.1) is 18.6 Å². The second-order valence-electron chi connectivity index (χ2n) is 6.72. The molecular formula is C22H24N4O3S. The van der Waals surface area contributed by atoms with E-state index in [4.69, 9.17) is 4.74 Å². The van der Waals surface area contributed by atoms with E-state index in [0.29, 0.717) is 35.3 Å². The number of ether oxygens (including phenoxy) is 1. The van der Waals surface area contributed by atoms with Gasteiger partial charge in [0.2, 0.25) is 5.91 Å². The van der Waals surface area contributed by atoms with Crippen molar-refractivity contribution >= 4 is 23.5 Å². The lowest BCUT2D eigenvalue weighted by Crippen LogP contribution is -2.23. The minimum absolute atomic E-state index is 0.0226. The topological polar surface area (TPSA) is 86.1 Å². The number of thioether (sulfide) groups is 1. The largest absolute Gasteiger partial charge is 0.495 e. The first-order chi connectivity index (χ1) is 14.5. The number of carbonyl (C=O) groups excluding carboxylic acids is 2. The van der Waals surface area contributed by atoms with Crippen LogP contribution in [0.25, 0.3) is 5.69 Å². The van der Waals surface area contributed by atoms with Gasteiger partial charge in [-0.05, 0) is 19.1 Å². The predicted molar refractivity (Wildman–Crippen MR) is 117 cm³/mol. The Morgan fingerprint density at radius 3 is 2.53 bits per heavy atom. The van der Waals surface area contributed by atoms with Crippen LogP contribution in [0, 0.1) is 6.92 Å². The van der Waals surface area contributed by atoms with Gasteiger partial charge in [-0.3, -0.25) is 14.2 Å². The van der Waals surface area contributed by atoms with Crippen LogP contribution in [0.5, 0.6) is 5.75 Å². The number of methoxy groups -OCH3 is 1. The lowest BCUT2D eigenvalue weighted by atomic mass is 10.1. The maximum absolute atomic E-state index is 12.6. The third-order valence-corrected chi connectivity index (χ3v) is 5.38. The molecule has 1 amide bonds. The van der Waals surface area contributed by atoms with E-state index in [2.05, 4.69) is 15.5 Å². The van der Waals surface area contributed by atoms with Crippen LogP contribution in [-0.4, -0.2) is 45.9 Å². The predicted octanol–water partition coefficient (Wildman–Crippen LogP) is 3.24. The van der Waals surface area contributed by atoms with Crippen molar-refractivity contribution in [1.29, 1.82) is 0 Å². The molecule has 1 heterocycles. The Kier molecular flexibility index (Phi) is 7.24. The molecule has 8 heteroatoms. The first kappa shape index (κ1) is 21.6. The van der Waals surface area contributed by atoms with E-state index in [1.165, 1.54) is 18.7 Å². The molecule has 0 saturated heterocycles. The summed E-state index contributed by atoms with van der Waals surface area (Å²) in [5.74, 6) is 1.51. The minimum atomic E-state index is -0.100. The van der Waals surface area contributed by atoms with Crippen LogP contribution in [0.2, 0.25) is 0 Å². The minimum Gasteiger partial charge on any atom is -0.495 e. The number of aryl methyl sites for hydroxylation is 1. The lowest BCUT2D eigenvalue weighted by Gasteiger charge is -2.13. The number of aromatic nitrogens is 3. The van der Waals surface area contributed by atoms with Crippen molar-refractivity contribution in [2.24, 2.45) is 0 Å². The maximum Gasteiger partial charge on any atom is 0.216 e. The van der Waals surface area contributed by atoms with Gasteiger partial charge >= 0.3 is 0 Å². The highest BCUT2D eigenvalue weighted by atomic mass is 32.2. The monoisotopic (exact) mass is 424 g/mol. The summed E-state index contributed by atoms with van der Waals surface area (Å²) in [7, 11) is 1.61. The molecule has 3 aromatic rings. The van der Waals surface area contributed by atoms with Gasteiger partial charge in [-0.25, -0.2) is 0 Å². The van der Waals surface area contributed by atoms with Gasteiger partial charge in [0.15, 0.2) is 10.9 Å². The van der Waals surface area contributed by atoms with E-state index in [1.807, 2.05) is 60.0 Å². The number of para-hydroxylation sites is 2. The van der Waals surface area contributed by atoms with Crippen molar-refractivity contribution in [3.8, 4) is 11.4 Å². The Morgan fingerprint density at radius 2 is 1.83 bits per heavy atom. The summed E-state index contributed by atoms with van der Waals surface area (Å²) in [5.41, 5.74) is 2.56. The molecule has 0 spiro atoms. The molecule has 0 fully saturated rings. The number of benzene rings is 2. The number of nitrogens with zero attached hydrogens (tertiary/aromatic N) is 3. The van der Waals surface area contributed by atoms with Crippen molar-refractivity contribution in [2.75, 3.05) is 19.4 Å². The summed E-state index contributed by atoms with van der Waals surface area (Å²) in [5, 5.41) is 12.0. The average molecular weight is 425 g/mol. The second kappa shape index (κ2) is 10.1. The molecule has 0 aliphatic carbocycles. The fourth-order valence-corrected chi connectivity index (χ4v) is 3.77. The first-order valence-corrected chi connectivity index (χ1v) is 10.5. The Balaban J connectivity index is 1.86. The van der Waals surface area contributed by atoms with Crippen molar-refractivity contribution in [3.63, 3.8) is 0 Å². The first-order valence-electron chi connectivity index (χ1n) is 9.54. The van der Waals surface area contributed by atoms with Crippen LogP contribution >= 0.6 is 11.8 Å². The SMILES string of the molecule is COc1ccccc1-n1c(CCNC(C)=O)nnc1SCC(=O)c1ccc(C)cc1. The fraction of sp³-hybridized carbons (Fsp3) is 0.273. The Labute approximate surface area is 179 Å². The normalized spacial score (nSPS) is 10.6. The molecule has 30 heavy (non-hydrogen) atoms. The number of ketones is 1. The van der Waals surface area contributed by atoms with Gasteiger partial charge in [-0.2, -0.15) is 0 Å². The molecule has 0 aliphatic rings. The number of hydrogen-bond donors (Lipinski definition) is 1. The molecule has 0 atom stereocenters. The summed E-state index contributed by atoms with van der Waals surface area (Å²) < 4.78 is 7.39. The van der Waals surface area contributed by atoms with Gasteiger partial charge in [0.25, 0.3) is 0 Å². The van der Waals surface area contributed by atoms with Crippen LogP contribution in [0.3, 0.4) is 0 Å². The summed E-state index contributed by atoms with van der Waals surface area (Å²) in [6.45, 7) is 3.90. The van der Waals surface area contributed by atoms with Gasteiger partial charge in [-0.15, -0.1) is 10.2 Å². The third kappa shape index (κ3) is 5.27. The molecule has 1 aromatic heterocycles. The molecule has 0 aliphatic heterocycles. The van der Waals surface area contributed by atoms with Crippen LogP contribution in [0.1, 0.15) is 28.7 Å². The summed E-state index contributed by atoms with van der Waals surface area (Å²) >= 11 is 1.33.